The van der Waals surface area contributed by atoms with Crippen molar-refractivity contribution in [2.45, 2.75) is 26.4 Å². The van der Waals surface area contributed by atoms with E-state index >= 15 is 0 Å². The van der Waals surface area contributed by atoms with Crippen LogP contribution in [0.3, 0.4) is 0 Å². The summed E-state index contributed by atoms with van der Waals surface area (Å²) in [6.07, 6.45) is 0. The first kappa shape index (κ1) is 14.8. The minimum absolute atomic E-state index is 0. The van der Waals surface area contributed by atoms with Gasteiger partial charge in [0.15, 0.2) is 0 Å². The molecule has 2 unspecified atom stereocenters. The van der Waals surface area contributed by atoms with Crippen LogP contribution in [-0.4, -0.2) is 24.0 Å². The molecule has 0 aromatic heterocycles. The van der Waals surface area contributed by atoms with Gasteiger partial charge in [-0.15, -0.1) is 12.4 Å². The minimum Gasteiger partial charge on any atom is -0.326 e. The number of nitrogens with two attached hydrogens (primary N) is 1. The summed E-state index contributed by atoms with van der Waals surface area (Å²) in [6.45, 7) is 7.28. The molecule has 4 heteroatoms. The van der Waals surface area contributed by atoms with Crippen molar-refractivity contribution in [1.29, 1.82) is 0 Å². The van der Waals surface area contributed by atoms with E-state index in [1.807, 2.05) is 6.92 Å². The van der Waals surface area contributed by atoms with Crippen molar-refractivity contribution in [2.24, 2.45) is 11.7 Å². The average Bonchev–Trinajstić information content (AvgIpc) is 2.52. The number of rotatable bonds is 2. The number of hydrogen-bond donors (Lipinski definition) is 1. The highest BCUT2D eigenvalue weighted by Crippen LogP contribution is 2.21. The van der Waals surface area contributed by atoms with Crippen molar-refractivity contribution in [1.82, 2.24) is 4.90 Å². The van der Waals surface area contributed by atoms with E-state index in [1.54, 1.807) is 0 Å². The zero-order valence-electron chi connectivity index (χ0n) is 10.3. The molecular formula is C13H20Cl2N2. The molecule has 17 heavy (non-hydrogen) atoms. The van der Waals surface area contributed by atoms with Crippen LogP contribution in [0, 0.1) is 12.8 Å². The third-order valence-electron chi connectivity index (χ3n) is 3.39. The van der Waals surface area contributed by atoms with Crippen LogP contribution >= 0.6 is 24.0 Å². The molecule has 0 amide bonds. The van der Waals surface area contributed by atoms with Gasteiger partial charge in [-0.25, -0.2) is 0 Å². The van der Waals surface area contributed by atoms with Crippen LogP contribution in [0.15, 0.2) is 18.2 Å². The molecule has 0 bridgehead atoms. The van der Waals surface area contributed by atoms with Crippen LogP contribution in [0.25, 0.3) is 0 Å². The van der Waals surface area contributed by atoms with E-state index in [-0.39, 0.29) is 12.4 Å². The lowest BCUT2D eigenvalue weighted by molar-refractivity contribution is 0.319. The fourth-order valence-electron chi connectivity index (χ4n) is 2.22. The van der Waals surface area contributed by atoms with Crippen LogP contribution in [0.1, 0.15) is 18.1 Å². The lowest BCUT2D eigenvalue weighted by Crippen LogP contribution is -2.28. The number of benzene rings is 1. The van der Waals surface area contributed by atoms with Crippen LogP contribution in [0.5, 0.6) is 0 Å². The largest absolute Gasteiger partial charge is 0.326 e. The highest BCUT2D eigenvalue weighted by Gasteiger charge is 2.26. The Balaban J connectivity index is 0.00000144. The van der Waals surface area contributed by atoms with Crippen molar-refractivity contribution in [3.8, 4) is 0 Å². The topological polar surface area (TPSA) is 29.3 Å². The summed E-state index contributed by atoms with van der Waals surface area (Å²) in [6, 6.07) is 6.61. The first-order valence-corrected chi connectivity index (χ1v) is 6.17. The van der Waals surface area contributed by atoms with E-state index in [1.165, 1.54) is 5.56 Å². The third kappa shape index (κ3) is 3.59. The first-order valence-electron chi connectivity index (χ1n) is 5.79. The van der Waals surface area contributed by atoms with Gasteiger partial charge < -0.3 is 5.73 Å². The fraction of sp³-hybridized carbons (Fsp3) is 0.538. The molecule has 1 saturated heterocycles. The number of likely N-dealkylation sites (tertiary alicyclic amines) is 1. The molecular weight excluding hydrogens is 255 g/mol. The molecule has 1 fully saturated rings. The van der Waals surface area contributed by atoms with Crippen LogP contribution < -0.4 is 5.73 Å². The minimum atomic E-state index is 0. The average molecular weight is 275 g/mol. The molecule has 1 aliphatic heterocycles. The van der Waals surface area contributed by atoms with E-state index < -0.39 is 0 Å². The molecule has 0 saturated carbocycles. The van der Waals surface area contributed by atoms with Crippen molar-refractivity contribution < 1.29 is 0 Å². The second-order valence-corrected chi connectivity index (χ2v) is 5.33. The molecule has 96 valence electrons. The Morgan fingerprint density at radius 1 is 1.41 bits per heavy atom. The van der Waals surface area contributed by atoms with Crippen LogP contribution in [0.2, 0.25) is 5.02 Å². The Morgan fingerprint density at radius 2 is 2.12 bits per heavy atom. The highest BCUT2D eigenvalue weighted by molar-refractivity contribution is 6.31. The second kappa shape index (κ2) is 6.05. The van der Waals surface area contributed by atoms with E-state index in [9.17, 15) is 0 Å². The summed E-state index contributed by atoms with van der Waals surface area (Å²) < 4.78 is 0. The van der Waals surface area contributed by atoms with Crippen molar-refractivity contribution in [3.05, 3.63) is 34.3 Å². The van der Waals surface area contributed by atoms with E-state index in [0.717, 1.165) is 30.2 Å². The summed E-state index contributed by atoms with van der Waals surface area (Å²) >= 11 is 6.11. The normalized spacial score (nSPS) is 24.7. The van der Waals surface area contributed by atoms with Gasteiger partial charge in [0.25, 0.3) is 0 Å². The predicted octanol–water partition coefficient (Wildman–Crippen LogP) is 2.85. The number of halogens is 2. The Bertz CT molecular complexity index is 372. The summed E-state index contributed by atoms with van der Waals surface area (Å²) in [4.78, 5) is 2.40. The lowest BCUT2D eigenvalue weighted by atomic mass is 10.1. The Kier molecular flexibility index (Phi) is 5.26. The maximum Gasteiger partial charge on any atom is 0.0438 e. The molecule has 2 atom stereocenters. The quantitative estimate of drug-likeness (QED) is 0.899. The Morgan fingerprint density at radius 3 is 2.65 bits per heavy atom. The van der Waals surface area contributed by atoms with Gasteiger partial charge >= 0.3 is 0 Å². The zero-order chi connectivity index (χ0) is 11.7. The molecule has 0 aliphatic carbocycles. The van der Waals surface area contributed by atoms with Gasteiger partial charge in [-0.1, -0.05) is 30.7 Å². The fourth-order valence-corrected chi connectivity index (χ4v) is 2.42. The Hall–Kier alpha value is -0.280. The first-order chi connectivity index (χ1) is 7.56. The lowest BCUT2D eigenvalue weighted by Gasteiger charge is -2.15. The Labute approximate surface area is 115 Å². The third-order valence-corrected chi connectivity index (χ3v) is 3.80. The maximum atomic E-state index is 6.11. The molecule has 0 spiro atoms. The molecule has 1 aromatic carbocycles. The van der Waals surface area contributed by atoms with Gasteiger partial charge in [0.05, 0.1) is 0 Å². The van der Waals surface area contributed by atoms with Gasteiger partial charge in [0.1, 0.15) is 0 Å². The maximum absolute atomic E-state index is 6.11. The van der Waals surface area contributed by atoms with Gasteiger partial charge in [-0.2, -0.15) is 0 Å². The standard InChI is InChI=1S/C13H19ClN2.ClH/c1-9-3-4-11(5-12(9)14)7-16-6-10(2)13(15)8-16;/h3-5,10,13H,6-8,15H2,1-2H3;1H. The van der Waals surface area contributed by atoms with Crippen LogP contribution in [0.4, 0.5) is 0 Å². The van der Waals surface area contributed by atoms with E-state index in [4.69, 9.17) is 17.3 Å². The predicted molar refractivity (Wildman–Crippen MR) is 75.9 cm³/mol. The zero-order valence-corrected chi connectivity index (χ0v) is 11.9. The molecule has 1 aromatic rings. The molecule has 2 N–H and O–H groups in total. The smallest absolute Gasteiger partial charge is 0.0438 e. The van der Waals surface area contributed by atoms with Gasteiger partial charge in [0.2, 0.25) is 0 Å². The summed E-state index contributed by atoms with van der Waals surface area (Å²) in [7, 11) is 0. The monoisotopic (exact) mass is 274 g/mol. The number of nitrogens with zero attached hydrogens (tertiary/aromatic N) is 1. The molecule has 0 radical (unpaired) electrons. The van der Waals surface area contributed by atoms with Gasteiger partial charge in [-0.3, -0.25) is 4.90 Å². The van der Waals surface area contributed by atoms with E-state index in [0.29, 0.717) is 12.0 Å². The summed E-state index contributed by atoms with van der Waals surface area (Å²) in [5, 5.41) is 0.856. The molecule has 2 rings (SSSR count). The highest BCUT2D eigenvalue weighted by atomic mass is 35.5. The number of hydrogen-bond acceptors (Lipinski definition) is 2. The SMILES string of the molecule is Cc1ccc(CN2CC(C)C(N)C2)cc1Cl.Cl. The van der Waals surface area contributed by atoms with Crippen molar-refractivity contribution in [3.63, 3.8) is 0 Å². The second-order valence-electron chi connectivity index (χ2n) is 4.92. The van der Waals surface area contributed by atoms with Gasteiger partial charge in [0, 0.05) is 30.7 Å². The van der Waals surface area contributed by atoms with Crippen molar-refractivity contribution in [2.75, 3.05) is 13.1 Å². The van der Waals surface area contributed by atoms with E-state index in [2.05, 4.69) is 30.0 Å². The summed E-state index contributed by atoms with van der Waals surface area (Å²) in [5.74, 6) is 0.598. The van der Waals surface area contributed by atoms with Gasteiger partial charge in [-0.05, 0) is 30.0 Å². The van der Waals surface area contributed by atoms with Crippen molar-refractivity contribution >= 4 is 24.0 Å². The molecule has 1 aliphatic rings. The van der Waals surface area contributed by atoms with Crippen LogP contribution in [-0.2, 0) is 6.54 Å². The summed E-state index contributed by atoms with van der Waals surface area (Å²) in [5.41, 5.74) is 8.42. The molecule has 1 heterocycles. The molecule has 2 nitrogen and oxygen atoms in total. The number of aryl methyl sites for hydroxylation is 1.